The molecule has 3 aliphatic heterocycles. The number of likely N-dealkylation sites (N-methyl/N-ethyl adjacent to an activating group) is 1. The van der Waals surface area contributed by atoms with E-state index in [1.54, 1.807) is 33.1 Å². The number of methoxy groups -OCH3 is 1. The van der Waals surface area contributed by atoms with Crippen molar-refractivity contribution in [3.8, 4) is 23.3 Å². The fourth-order valence-electron chi connectivity index (χ4n) is 10.5. The maximum absolute atomic E-state index is 13.7. The molecule has 3 saturated heterocycles. The minimum Gasteiger partial charge on any atom is -0.494 e. The molecule has 4 atom stereocenters. The lowest BCUT2D eigenvalue weighted by atomic mass is 9.71. The molecular formula is C49H62F3N9O7. The number of alkyl halides is 3. The van der Waals surface area contributed by atoms with Crippen LogP contribution in [0.4, 0.5) is 30.4 Å². The lowest BCUT2D eigenvalue weighted by Gasteiger charge is -2.47. The lowest BCUT2D eigenvalue weighted by molar-refractivity contribution is -0.137. The Bertz CT molecular complexity index is 2680. The first kappa shape index (κ1) is 47.3. The van der Waals surface area contributed by atoms with Gasteiger partial charge in [0.05, 0.1) is 43.4 Å². The Labute approximate surface area is 392 Å². The average Bonchev–Trinajstić information content (AvgIpc) is 4.02. The number of nitrogens with two attached hydrogens (primary N) is 1. The van der Waals surface area contributed by atoms with Gasteiger partial charge in [-0.2, -0.15) is 13.2 Å². The third-order valence-corrected chi connectivity index (χ3v) is 14.9. The summed E-state index contributed by atoms with van der Waals surface area (Å²) in [4.78, 5) is 29.3. The van der Waals surface area contributed by atoms with Gasteiger partial charge in [0, 0.05) is 65.7 Å². The van der Waals surface area contributed by atoms with Gasteiger partial charge < -0.3 is 50.8 Å². The molecule has 9 rings (SSSR count). The number of aromatic hydroxyl groups is 2. The van der Waals surface area contributed by atoms with Crippen molar-refractivity contribution in [3.05, 3.63) is 65.5 Å². The van der Waals surface area contributed by atoms with Crippen molar-refractivity contribution in [2.24, 2.45) is 10.8 Å². The van der Waals surface area contributed by atoms with Gasteiger partial charge >= 0.3 is 6.18 Å². The number of aliphatic hydroxyl groups is 2. The Morgan fingerprint density at radius 2 is 1.65 bits per heavy atom. The topological polar surface area (TPSA) is 207 Å². The molecule has 1 amide bonds. The summed E-state index contributed by atoms with van der Waals surface area (Å²) in [6.07, 6.45) is 0.0892. The number of carbonyl (C=O) groups excluding carboxylic acids is 1. The summed E-state index contributed by atoms with van der Waals surface area (Å²) in [6, 6.07) is 11.5. The summed E-state index contributed by atoms with van der Waals surface area (Å²) in [7, 11) is 3.40. The summed E-state index contributed by atoms with van der Waals surface area (Å²) in [5.74, 6) is 1.67. The molecule has 3 aromatic carbocycles. The first-order valence-electron chi connectivity index (χ1n) is 23.5. The number of anilines is 3. The van der Waals surface area contributed by atoms with E-state index in [0.29, 0.717) is 82.9 Å². The number of nitrogen functional groups attached to an aromatic ring is 1. The Hall–Kier alpha value is -5.76. The van der Waals surface area contributed by atoms with Crippen molar-refractivity contribution in [2.75, 3.05) is 76.0 Å². The quantitative estimate of drug-likeness (QED) is 0.0618. The van der Waals surface area contributed by atoms with Gasteiger partial charge in [-0.1, -0.05) is 0 Å². The van der Waals surface area contributed by atoms with Crippen LogP contribution in [0.1, 0.15) is 87.3 Å². The molecule has 0 bridgehead atoms. The third-order valence-electron chi connectivity index (χ3n) is 14.9. The molecule has 1 aliphatic carbocycles. The van der Waals surface area contributed by atoms with Crippen LogP contribution in [-0.4, -0.2) is 123 Å². The van der Waals surface area contributed by atoms with Gasteiger partial charge in [0.2, 0.25) is 17.7 Å². The van der Waals surface area contributed by atoms with Crippen molar-refractivity contribution in [1.82, 2.24) is 29.7 Å². The van der Waals surface area contributed by atoms with Crippen molar-refractivity contribution in [3.63, 3.8) is 0 Å². The Balaban J connectivity index is 0.776. The van der Waals surface area contributed by atoms with Crippen LogP contribution in [-0.2, 0) is 11.0 Å². The number of likely N-dealkylation sites (tertiary alicyclic amines) is 1. The number of rotatable bonds is 13. The van der Waals surface area contributed by atoms with Crippen molar-refractivity contribution >= 4 is 44.8 Å². The third kappa shape index (κ3) is 9.62. The number of piperidine rings is 3. The number of halogens is 3. The van der Waals surface area contributed by atoms with Crippen LogP contribution in [0.5, 0.6) is 23.3 Å². The van der Waals surface area contributed by atoms with Crippen LogP contribution >= 0.6 is 0 Å². The highest BCUT2D eigenvalue weighted by molar-refractivity contribution is 5.95. The number of benzene rings is 3. The smallest absolute Gasteiger partial charge is 0.416 e. The largest absolute Gasteiger partial charge is 0.494 e. The molecule has 8 N–H and O–H groups in total. The van der Waals surface area contributed by atoms with E-state index in [-0.39, 0.29) is 34.2 Å². The van der Waals surface area contributed by atoms with Crippen LogP contribution in [0.2, 0.25) is 0 Å². The summed E-state index contributed by atoms with van der Waals surface area (Å²) in [5.41, 5.74) is 6.91. The number of amides is 1. The number of nitrogens with one attached hydrogen (secondary N) is 2. The van der Waals surface area contributed by atoms with E-state index < -0.39 is 36.3 Å². The molecule has 5 aromatic rings. The van der Waals surface area contributed by atoms with E-state index in [1.807, 2.05) is 30.1 Å². The average molecular weight is 946 g/mol. The molecule has 5 heterocycles. The van der Waals surface area contributed by atoms with Gasteiger partial charge in [0.25, 0.3) is 0 Å². The molecule has 4 aliphatic rings. The van der Waals surface area contributed by atoms with E-state index in [1.165, 1.54) is 10.6 Å². The van der Waals surface area contributed by atoms with Gasteiger partial charge in [-0.25, -0.2) is 9.97 Å². The van der Waals surface area contributed by atoms with Crippen molar-refractivity contribution < 1.29 is 47.9 Å². The molecule has 1 spiro atoms. The normalized spacial score (nSPS) is 22.1. The van der Waals surface area contributed by atoms with Crippen LogP contribution in [0, 0.1) is 17.8 Å². The maximum Gasteiger partial charge on any atom is 0.416 e. The zero-order chi connectivity index (χ0) is 48.3. The number of fused-ring (bicyclic) bond motifs is 2. The zero-order valence-corrected chi connectivity index (χ0v) is 38.9. The Kier molecular flexibility index (Phi) is 12.7. The van der Waals surface area contributed by atoms with Crippen molar-refractivity contribution in [2.45, 2.75) is 95.9 Å². The molecule has 16 nitrogen and oxygen atoms in total. The highest BCUT2D eigenvalue weighted by Gasteiger charge is 2.46. The highest BCUT2D eigenvalue weighted by atomic mass is 19.4. The second-order valence-electron chi connectivity index (χ2n) is 19.7. The monoisotopic (exact) mass is 945 g/mol. The highest BCUT2D eigenvalue weighted by Crippen LogP contribution is 2.49. The molecule has 366 valence electrons. The standard InChI is InChI=1S/C49H62F3N9O7/c1-28(30-19-31(49(50,51)52)21-32(53)20-30)54-43-36-23-40(39(67-4)24-37(36)55-29(2)56-43)68-27-48(9-10-48)26-58(3)42(63)25-59-15-11-47(12-16-59)13-17-60(18-14-47)33-5-6-34-35(22-33)46(66)61(45(34)65)38-7-8-41(62)57-44(38)64/h5-6,19-24,28,38,41,44,57,62,64-66H,7-18,25-27,53H2,1-4H3,(H,54,55,56)/t28-,38?,41?,44?/m1/s1. The molecule has 4 fully saturated rings. The number of carbonyl (C=O) groups is 1. The van der Waals surface area contributed by atoms with Gasteiger partial charge in [0.15, 0.2) is 11.5 Å². The number of ether oxygens (including phenoxy) is 2. The molecule has 3 unspecified atom stereocenters. The fourth-order valence-corrected chi connectivity index (χ4v) is 10.5. The lowest BCUT2D eigenvalue weighted by Crippen LogP contribution is -2.49. The van der Waals surface area contributed by atoms with Crippen LogP contribution in [0.15, 0.2) is 48.5 Å². The Morgan fingerprint density at radius 1 is 0.941 bits per heavy atom. The van der Waals surface area contributed by atoms with Crippen LogP contribution in [0.25, 0.3) is 21.7 Å². The van der Waals surface area contributed by atoms with Crippen molar-refractivity contribution in [1.29, 1.82) is 0 Å². The molecule has 0 radical (unpaired) electrons. The fraction of sp³-hybridized carbons (Fsp3) is 0.531. The van der Waals surface area contributed by atoms with Gasteiger partial charge in [-0.3, -0.25) is 19.6 Å². The van der Waals surface area contributed by atoms with Gasteiger partial charge in [-0.05, 0) is 132 Å². The van der Waals surface area contributed by atoms with Gasteiger partial charge in [0.1, 0.15) is 24.1 Å². The second kappa shape index (κ2) is 18.3. The van der Waals surface area contributed by atoms with Crippen LogP contribution < -0.4 is 30.7 Å². The number of hydrogen-bond acceptors (Lipinski definition) is 14. The number of hydrogen-bond donors (Lipinski definition) is 7. The molecule has 19 heteroatoms. The second-order valence-corrected chi connectivity index (χ2v) is 19.7. The number of nitrogens with zero attached hydrogens (tertiary/aromatic N) is 6. The maximum atomic E-state index is 13.7. The summed E-state index contributed by atoms with van der Waals surface area (Å²) < 4.78 is 54.4. The van der Waals surface area contributed by atoms with E-state index in [4.69, 9.17) is 15.2 Å². The summed E-state index contributed by atoms with van der Waals surface area (Å²) >= 11 is 0. The molecule has 1 saturated carbocycles. The van der Waals surface area contributed by atoms with E-state index >= 15 is 0 Å². The molecule has 68 heavy (non-hydrogen) atoms. The van der Waals surface area contributed by atoms with E-state index in [2.05, 4.69) is 30.4 Å². The Morgan fingerprint density at radius 3 is 2.32 bits per heavy atom. The first-order valence-corrected chi connectivity index (χ1v) is 23.5. The van der Waals surface area contributed by atoms with Crippen LogP contribution in [0.3, 0.4) is 0 Å². The number of aromatic nitrogens is 3. The summed E-state index contributed by atoms with van der Waals surface area (Å²) in [5, 5.41) is 50.3. The number of aliphatic hydroxyl groups excluding tert-OH is 2. The predicted molar refractivity (Wildman–Crippen MR) is 252 cm³/mol. The zero-order valence-electron chi connectivity index (χ0n) is 38.9. The minimum atomic E-state index is -4.55. The first-order chi connectivity index (χ1) is 32.3. The SMILES string of the molecule is COc1cc2nc(C)nc(N[C@H](C)c3cc(N)cc(C(F)(F)F)c3)c2cc1OCC1(CN(C)C(=O)CN2CCC3(CC2)CCN(c2ccc4c(O)n(C5CCC(O)NC5O)c(O)c4c2)CC3)CC1. The molecule has 2 aromatic heterocycles. The number of aryl methyl sites for hydroxylation is 1. The van der Waals surface area contributed by atoms with E-state index in [9.17, 15) is 38.4 Å². The predicted octanol–water partition coefficient (Wildman–Crippen LogP) is 6.65. The van der Waals surface area contributed by atoms with E-state index in [0.717, 1.165) is 82.5 Å². The minimum absolute atomic E-state index is 0.00908. The van der Waals surface area contributed by atoms with Gasteiger partial charge in [-0.15, -0.1) is 0 Å². The summed E-state index contributed by atoms with van der Waals surface area (Å²) in [6.45, 7) is 8.10. The molecular weight excluding hydrogens is 884 g/mol.